The van der Waals surface area contributed by atoms with Crippen LogP contribution in [-0.2, 0) is 0 Å². The number of pyridine rings is 1. The van der Waals surface area contributed by atoms with Crippen LogP contribution >= 0.6 is 23.1 Å². The zero-order valence-corrected chi connectivity index (χ0v) is 14.9. The molecule has 0 unspecified atom stereocenters. The zero-order chi connectivity index (χ0) is 17.8. The fraction of sp³-hybridized carbons (Fsp3) is 0.125. The number of thiophene rings is 1. The van der Waals surface area contributed by atoms with Gasteiger partial charge in [-0.25, -0.2) is 9.78 Å². The average molecular weight is 375 g/mol. The fourth-order valence-corrected chi connectivity index (χ4v) is 3.70. The molecular weight excluding hydrogens is 362 g/mol. The van der Waals surface area contributed by atoms with Crippen molar-refractivity contribution in [3.8, 4) is 22.2 Å². The molecule has 9 heteroatoms. The molecule has 3 aromatic rings. The van der Waals surface area contributed by atoms with Crippen molar-refractivity contribution < 1.29 is 19.4 Å². The van der Waals surface area contributed by atoms with Crippen LogP contribution in [0.5, 0.6) is 11.8 Å². The lowest BCUT2D eigenvalue weighted by atomic mass is 10.1. The molecule has 0 saturated heterocycles. The third kappa shape index (κ3) is 3.72. The topological polar surface area (TPSA) is 94.4 Å². The Morgan fingerprint density at radius 2 is 1.92 bits per heavy atom. The normalized spacial score (nSPS) is 10.5. The first kappa shape index (κ1) is 17.2. The first-order valence-corrected chi connectivity index (χ1v) is 8.73. The van der Waals surface area contributed by atoms with Gasteiger partial charge in [-0.3, -0.25) is 0 Å². The Hall–Kier alpha value is -2.65. The highest BCUT2D eigenvalue weighted by Gasteiger charge is 2.21. The number of carboxylic acid groups (broad SMARTS) is 1. The predicted molar refractivity (Wildman–Crippen MR) is 93.8 cm³/mol. The molecule has 0 atom stereocenters. The molecule has 0 fully saturated rings. The molecule has 3 rings (SSSR count). The molecular formula is C16H13N3O4S2. The number of hydrogen-bond donors (Lipinski definition) is 1. The maximum Gasteiger partial charge on any atom is 0.339 e. The molecule has 0 saturated carbocycles. The Morgan fingerprint density at radius 1 is 1.20 bits per heavy atom. The largest absolute Gasteiger partial charge is 0.481 e. The zero-order valence-electron chi connectivity index (χ0n) is 13.3. The van der Waals surface area contributed by atoms with Crippen molar-refractivity contribution >= 4 is 29.1 Å². The second-order valence-electron chi connectivity index (χ2n) is 4.66. The molecule has 1 N–H and O–H groups in total. The Kier molecular flexibility index (Phi) is 5.15. The lowest BCUT2D eigenvalue weighted by Crippen LogP contribution is -2.04. The number of aromatic nitrogens is 3. The van der Waals surface area contributed by atoms with E-state index in [1.165, 1.54) is 31.6 Å². The van der Waals surface area contributed by atoms with Crippen LogP contribution in [0.1, 0.15) is 10.4 Å². The van der Waals surface area contributed by atoms with Gasteiger partial charge in [0.15, 0.2) is 0 Å². The third-order valence-corrected chi connectivity index (χ3v) is 4.95. The Bertz CT molecular complexity index is 878. The summed E-state index contributed by atoms with van der Waals surface area (Å²) in [5.74, 6) is -0.421. The van der Waals surface area contributed by atoms with E-state index in [9.17, 15) is 9.90 Å². The second-order valence-corrected chi connectivity index (χ2v) is 6.56. The van der Waals surface area contributed by atoms with Gasteiger partial charge in [-0.05, 0) is 29.3 Å². The number of methoxy groups -OCH3 is 2. The molecule has 3 aromatic heterocycles. The summed E-state index contributed by atoms with van der Waals surface area (Å²) in [5, 5.41) is 12.2. The van der Waals surface area contributed by atoms with Gasteiger partial charge in [-0.15, -0.1) is 11.3 Å². The summed E-state index contributed by atoms with van der Waals surface area (Å²) < 4.78 is 10.2. The second kappa shape index (κ2) is 7.49. The van der Waals surface area contributed by atoms with Crippen molar-refractivity contribution in [1.82, 2.24) is 15.0 Å². The van der Waals surface area contributed by atoms with Crippen molar-refractivity contribution in [2.45, 2.75) is 10.2 Å². The Morgan fingerprint density at radius 3 is 2.48 bits per heavy atom. The molecule has 128 valence electrons. The van der Waals surface area contributed by atoms with Gasteiger partial charge in [0.1, 0.15) is 10.6 Å². The summed E-state index contributed by atoms with van der Waals surface area (Å²) in [6.07, 6.45) is 1.57. The maximum absolute atomic E-state index is 11.8. The molecule has 0 bridgehead atoms. The molecule has 0 spiro atoms. The van der Waals surface area contributed by atoms with Crippen molar-refractivity contribution in [2.75, 3.05) is 14.2 Å². The van der Waals surface area contributed by atoms with Crippen molar-refractivity contribution in [2.24, 2.45) is 0 Å². The quantitative estimate of drug-likeness (QED) is 0.655. The Balaban J connectivity index is 2.06. The number of ether oxygens (including phenoxy) is 2. The summed E-state index contributed by atoms with van der Waals surface area (Å²) in [6, 6.07) is 6.96. The minimum absolute atomic E-state index is 0.111. The van der Waals surface area contributed by atoms with E-state index < -0.39 is 5.97 Å². The van der Waals surface area contributed by atoms with Crippen LogP contribution in [0.3, 0.4) is 0 Å². The summed E-state index contributed by atoms with van der Waals surface area (Å²) in [7, 11) is 2.96. The van der Waals surface area contributed by atoms with E-state index in [1.807, 2.05) is 17.5 Å². The first-order valence-electron chi connectivity index (χ1n) is 7.03. The number of aromatic carboxylic acids is 1. The summed E-state index contributed by atoms with van der Waals surface area (Å²) >= 11 is 2.51. The van der Waals surface area contributed by atoms with Gasteiger partial charge in [-0.2, -0.15) is 9.97 Å². The van der Waals surface area contributed by atoms with Crippen LogP contribution in [0.25, 0.3) is 10.4 Å². The summed E-state index contributed by atoms with van der Waals surface area (Å²) in [4.78, 5) is 25.3. The number of carboxylic acids is 1. The van der Waals surface area contributed by atoms with Gasteiger partial charge in [-0.1, -0.05) is 6.07 Å². The van der Waals surface area contributed by atoms with Crippen molar-refractivity contribution in [3.63, 3.8) is 0 Å². The molecule has 0 aliphatic heterocycles. The van der Waals surface area contributed by atoms with Crippen LogP contribution in [-0.4, -0.2) is 40.2 Å². The monoisotopic (exact) mass is 375 g/mol. The van der Waals surface area contributed by atoms with Crippen LogP contribution < -0.4 is 9.47 Å². The number of carbonyl (C=O) groups is 1. The highest BCUT2D eigenvalue weighted by Crippen LogP contribution is 2.35. The molecule has 0 aliphatic rings. The van der Waals surface area contributed by atoms with Gasteiger partial charge in [0.05, 0.1) is 20.3 Å². The lowest BCUT2D eigenvalue weighted by molar-refractivity contribution is 0.0693. The number of rotatable bonds is 6. The number of nitrogens with zero attached hydrogens (tertiary/aromatic N) is 3. The molecule has 0 aliphatic carbocycles. The molecule has 0 aromatic carbocycles. The highest BCUT2D eigenvalue weighted by atomic mass is 32.2. The van der Waals surface area contributed by atoms with E-state index >= 15 is 0 Å². The maximum atomic E-state index is 11.8. The minimum atomic E-state index is -1.06. The Labute approximate surface area is 151 Å². The standard InChI is InChI=1S/C16H13N3O4S2/c1-22-11-8-12(23-2)19-16(18-11)25-14-13(15(20)21)9(5-6-17-14)10-4-3-7-24-10/h3-8H,1-2H3,(H,20,21). The van der Waals surface area contributed by atoms with Gasteiger partial charge in [0, 0.05) is 16.6 Å². The van der Waals surface area contributed by atoms with Crippen LogP contribution in [0.4, 0.5) is 0 Å². The van der Waals surface area contributed by atoms with Crippen LogP contribution in [0, 0.1) is 0 Å². The molecule has 25 heavy (non-hydrogen) atoms. The highest BCUT2D eigenvalue weighted by molar-refractivity contribution is 7.99. The van der Waals surface area contributed by atoms with Crippen LogP contribution in [0.15, 0.2) is 46.0 Å². The van der Waals surface area contributed by atoms with Gasteiger partial charge < -0.3 is 14.6 Å². The average Bonchev–Trinajstić information content (AvgIpc) is 3.15. The van der Waals surface area contributed by atoms with E-state index in [0.717, 1.165) is 16.6 Å². The van der Waals surface area contributed by atoms with E-state index in [2.05, 4.69) is 15.0 Å². The summed E-state index contributed by atoms with van der Waals surface area (Å²) in [5.41, 5.74) is 0.718. The van der Waals surface area contributed by atoms with E-state index in [4.69, 9.17) is 9.47 Å². The third-order valence-electron chi connectivity index (χ3n) is 3.18. The lowest BCUT2D eigenvalue weighted by Gasteiger charge is -2.09. The van der Waals surface area contributed by atoms with Crippen molar-refractivity contribution in [3.05, 3.63) is 41.4 Å². The van der Waals surface area contributed by atoms with Gasteiger partial charge in [0.25, 0.3) is 0 Å². The summed E-state index contributed by atoms with van der Waals surface area (Å²) in [6.45, 7) is 0. The molecule has 7 nitrogen and oxygen atoms in total. The van der Waals surface area contributed by atoms with E-state index in [1.54, 1.807) is 12.3 Å². The van der Waals surface area contributed by atoms with Gasteiger partial charge in [0.2, 0.25) is 16.9 Å². The van der Waals surface area contributed by atoms with Gasteiger partial charge >= 0.3 is 5.97 Å². The van der Waals surface area contributed by atoms with E-state index in [0.29, 0.717) is 22.3 Å². The smallest absolute Gasteiger partial charge is 0.339 e. The number of hydrogen-bond acceptors (Lipinski definition) is 8. The van der Waals surface area contributed by atoms with Crippen LogP contribution in [0.2, 0.25) is 0 Å². The first-order chi connectivity index (χ1) is 12.1. The molecule has 3 heterocycles. The molecule has 0 amide bonds. The van der Waals surface area contributed by atoms with E-state index in [-0.39, 0.29) is 10.7 Å². The fourth-order valence-electron chi connectivity index (χ4n) is 2.09. The SMILES string of the molecule is COc1cc(OC)nc(Sc2nccc(-c3cccs3)c2C(=O)O)n1. The van der Waals surface area contributed by atoms with Crippen molar-refractivity contribution in [1.29, 1.82) is 0 Å². The predicted octanol–water partition coefficient (Wildman–Crippen LogP) is 3.47. The minimum Gasteiger partial charge on any atom is -0.481 e. The molecule has 0 radical (unpaired) electrons.